The zero-order valence-electron chi connectivity index (χ0n) is 11.8. The monoisotopic (exact) mass is 276 g/mol. The van der Waals surface area contributed by atoms with Gasteiger partial charge in [-0.05, 0) is 37.5 Å². The van der Waals surface area contributed by atoms with Crippen molar-refractivity contribution in [3.8, 4) is 5.75 Å². The molecular formula is C16H20O4. The Morgan fingerprint density at radius 2 is 2.10 bits per heavy atom. The van der Waals surface area contributed by atoms with E-state index in [1.807, 2.05) is 24.3 Å². The first kappa shape index (κ1) is 14.6. The van der Waals surface area contributed by atoms with E-state index < -0.39 is 0 Å². The van der Waals surface area contributed by atoms with Crippen molar-refractivity contribution in [1.82, 2.24) is 0 Å². The number of esters is 1. The molecule has 4 nitrogen and oxygen atoms in total. The Bertz CT molecular complexity index is 460. The van der Waals surface area contributed by atoms with Gasteiger partial charge in [0.25, 0.3) is 0 Å². The van der Waals surface area contributed by atoms with E-state index in [2.05, 4.69) is 6.58 Å². The quantitative estimate of drug-likeness (QED) is 0.317. The van der Waals surface area contributed by atoms with Crippen LogP contribution in [0.15, 0.2) is 36.4 Å². The maximum absolute atomic E-state index is 11.2. The van der Waals surface area contributed by atoms with Crippen molar-refractivity contribution in [2.45, 2.75) is 25.9 Å². The van der Waals surface area contributed by atoms with E-state index in [0.29, 0.717) is 18.8 Å². The summed E-state index contributed by atoms with van der Waals surface area (Å²) < 4.78 is 15.7. The van der Waals surface area contributed by atoms with Gasteiger partial charge in [-0.15, -0.1) is 0 Å². The van der Waals surface area contributed by atoms with Gasteiger partial charge >= 0.3 is 5.97 Å². The van der Waals surface area contributed by atoms with Gasteiger partial charge in [-0.2, -0.15) is 0 Å². The fraction of sp³-hybridized carbons (Fsp3) is 0.438. The van der Waals surface area contributed by atoms with E-state index in [1.165, 1.54) is 5.56 Å². The van der Waals surface area contributed by atoms with Gasteiger partial charge in [0.05, 0.1) is 13.2 Å². The number of epoxide rings is 1. The summed E-state index contributed by atoms with van der Waals surface area (Å²) in [6, 6.07) is 7.97. The molecule has 0 aromatic heterocycles. The second-order valence-corrected chi connectivity index (χ2v) is 4.93. The van der Waals surface area contributed by atoms with E-state index in [-0.39, 0.29) is 12.1 Å². The molecule has 1 aromatic carbocycles. The molecule has 0 N–H and O–H groups in total. The highest BCUT2D eigenvalue weighted by Crippen LogP contribution is 2.16. The molecular weight excluding hydrogens is 256 g/mol. The van der Waals surface area contributed by atoms with Gasteiger partial charge in [-0.3, -0.25) is 0 Å². The molecule has 0 spiro atoms. The molecule has 1 aromatic rings. The number of benzene rings is 1. The van der Waals surface area contributed by atoms with Gasteiger partial charge in [0.2, 0.25) is 0 Å². The van der Waals surface area contributed by atoms with Crippen molar-refractivity contribution in [3.63, 3.8) is 0 Å². The predicted octanol–water partition coefficient (Wildman–Crippen LogP) is 2.52. The van der Waals surface area contributed by atoms with Crippen LogP contribution in [-0.4, -0.2) is 31.9 Å². The Kier molecular flexibility index (Phi) is 5.18. The second kappa shape index (κ2) is 7.10. The first-order valence-electron chi connectivity index (χ1n) is 6.81. The first-order chi connectivity index (χ1) is 9.65. The maximum atomic E-state index is 11.2. The number of carbonyl (C=O) groups excluding carboxylic acids is 1. The minimum absolute atomic E-state index is 0.276. The highest BCUT2D eigenvalue weighted by molar-refractivity contribution is 5.86. The van der Waals surface area contributed by atoms with Crippen LogP contribution in [0.3, 0.4) is 0 Å². The van der Waals surface area contributed by atoms with Crippen molar-refractivity contribution in [2.75, 3.05) is 19.8 Å². The topological polar surface area (TPSA) is 48.1 Å². The zero-order valence-corrected chi connectivity index (χ0v) is 11.8. The van der Waals surface area contributed by atoms with Crippen LogP contribution >= 0.6 is 0 Å². The molecule has 1 unspecified atom stereocenters. The summed E-state index contributed by atoms with van der Waals surface area (Å²) >= 11 is 0. The van der Waals surface area contributed by atoms with E-state index in [9.17, 15) is 4.79 Å². The van der Waals surface area contributed by atoms with Gasteiger partial charge < -0.3 is 14.2 Å². The third-order valence-corrected chi connectivity index (χ3v) is 2.95. The van der Waals surface area contributed by atoms with Crippen LogP contribution in [0.2, 0.25) is 0 Å². The molecule has 1 atom stereocenters. The molecule has 1 aliphatic rings. The molecule has 1 fully saturated rings. The van der Waals surface area contributed by atoms with Crippen molar-refractivity contribution in [1.29, 1.82) is 0 Å². The average molecular weight is 276 g/mol. The van der Waals surface area contributed by atoms with E-state index >= 15 is 0 Å². The molecule has 1 aliphatic heterocycles. The number of hydrogen-bond acceptors (Lipinski definition) is 4. The summed E-state index contributed by atoms with van der Waals surface area (Å²) in [5.41, 5.74) is 1.64. The van der Waals surface area contributed by atoms with Crippen LogP contribution in [0.4, 0.5) is 0 Å². The molecule has 108 valence electrons. The van der Waals surface area contributed by atoms with Crippen LogP contribution in [0.1, 0.15) is 18.9 Å². The number of rotatable bonds is 8. The minimum atomic E-state index is -0.323. The van der Waals surface area contributed by atoms with E-state index in [1.54, 1.807) is 6.92 Å². The summed E-state index contributed by atoms with van der Waals surface area (Å²) in [6.45, 7) is 7.03. The number of ether oxygens (including phenoxy) is 3. The second-order valence-electron chi connectivity index (χ2n) is 4.93. The minimum Gasteiger partial charge on any atom is -0.491 e. The summed E-state index contributed by atoms with van der Waals surface area (Å²) in [5.74, 6) is 0.536. The first-order valence-corrected chi connectivity index (χ1v) is 6.81. The molecule has 20 heavy (non-hydrogen) atoms. The van der Waals surface area contributed by atoms with Crippen molar-refractivity contribution in [3.05, 3.63) is 42.0 Å². The Labute approximate surface area is 119 Å². The van der Waals surface area contributed by atoms with Crippen LogP contribution in [-0.2, 0) is 20.7 Å². The van der Waals surface area contributed by atoms with Crippen molar-refractivity contribution < 1.29 is 19.0 Å². The molecule has 0 bridgehead atoms. The zero-order chi connectivity index (χ0) is 14.4. The molecule has 0 aliphatic carbocycles. The van der Waals surface area contributed by atoms with Crippen LogP contribution in [0.25, 0.3) is 0 Å². The Morgan fingerprint density at radius 1 is 1.40 bits per heavy atom. The number of hydrogen-bond donors (Lipinski definition) is 0. The van der Waals surface area contributed by atoms with Crippen LogP contribution in [0.5, 0.6) is 5.75 Å². The Morgan fingerprint density at radius 3 is 2.70 bits per heavy atom. The summed E-state index contributed by atoms with van der Waals surface area (Å²) in [6.07, 6.45) is 1.95. The lowest BCUT2D eigenvalue weighted by atomic mass is 10.1. The lowest BCUT2D eigenvalue weighted by molar-refractivity contribution is -0.139. The molecule has 0 amide bonds. The summed E-state index contributed by atoms with van der Waals surface area (Å²) in [4.78, 5) is 11.2. The lowest BCUT2D eigenvalue weighted by Gasteiger charge is -2.06. The Hall–Kier alpha value is -1.81. The molecule has 4 heteroatoms. The van der Waals surface area contributed by atoms with Gasteiger partial charge in [0.15, 0.2) is 0 Å². The highest BCUT2D eigenvalue weighted by Gasteiger charge is 2.22. The van der Waals surface area contributed by atoms with Gasteiger partial charge in [-0.25, -0.2) is 4.79 Å². The average Bonchev–Trinajstić information content (AvgIpc) is 3.26. The largest absolute Gasteiger partial charge is 0.491 e. The highest BCUT2D eigenvalue weighted by atomic mass is 16.6. The SMILES string of the molecule is C=C(C)C(=O)OCCCc1ccc(OCC2CO2)cc1. The van der Waals surface area contributed by atoms with Crippen molar-refractivity contribution in [2.24, 2.45) is 0 Å². The molecule has 1 heterocycles. The van der Waals surface area contributed by atoms with E-state index in [0.717, 1.165) is 25.2 Å². The number of carbonyl (C=O) groups is 1. The van der Waals surface area contributed by atoms with Gasteiger partial charge in [0.1, 0.15) is 18.5 Å². The van der Waals surface area contributed by atoms with Crippen LogP contribution in [0, 0.1) is 0 Å². The molecule has 0 saturated carbocycles. The molecule has 2 rings (SSSR count). The standard InChI is InChI=1S/C16H20O4/c1-12(2)16(17)18-9-3-4-13-5-7-14(8-6-13)19-10-15-11-20-15/h5-8,15H,1,3-4,9-11H2,2H3. The smallest absolute Gasteiger partial charge is 0.333 e. The summed E-state index contributed by atoms with van der Waals surface area (Å²) in [5, 5.41) is 0. The molecule has 1 saturated heterocycles. The van der Waals surface area contributed by atoms with Gasteiger partial charge in [0, 0.05) is 5.57 Å². The molecule has 0 radical (unpaired) electrons. The predicted molar refractivity (Wildman–Crippen MR) is 75.8 cm³/mol. The lowest BCUT2D eigenvalue weighted by Crippen LogP contribution is -2.07. The third kappa shape index (κ3) is 5.05. The van der Waals surface area contributed by atoms with Crippen LogP contribution < -0.4 is 4.74 Å². The fourth-order valence-corrected chi connectivity index (χ4v) is 1.67. The number of aryl methyl sites for hydroxylation is 1. The van der Waals surface area contributed by atoms with E-state index in [4.69, 9.17) is 14.2 Å². The van der Waals surface area contributed by atoms with Gasteiger partial charge in [-0.1, -0.05) is 18.7 Å². The maximum Gasteiger partial charge on any atom is 0.333 e. The Balaban J connectivity index is 1.65. The summed E-state index contributed by atoms with van der Waals surface area (Å²) in [7, 11) is 0. The fourth-order valence-electron chi connectivity index (χ4n) is 1.67. The normalized spacial score (nSPS) is 16.6. The third-order valence-electron chi connectivity index (χ3n) is 2.95. The van der Waals surface area contributed by atoms with Crippen molar-refractivity contribution >= 4 is 5.97 Å².